The van der Waals surface area contributed by atoms with Crippen LogP contribution in [0.4, 0.5) is 11.5 Å². The monoisotopic (exact) mass is 407 g/mol. The van der Waals surface area contributed by atoms with E-state index in [1.165, 1.54) is 0 Å². The Hall–Kier alpha value is -3.42. The van der Waals surface area contributed by atoms with Gasteiger partial charge >= 0.3 is 5.97 Å². The third-order valence-corrected chi connectivity index (χ3v) is 5.50. The van der Waals surface area contributed by atoms with Crippen LogP contribution < -0.4 is 15.8 Å². The number of nitrogens with one attached hydrogen (secondary N) is 1. The summed E-state index contributed by atoms with van der Waals surface area (Å²) in [7, 11) is 0. The number of aryl methyl sites for hydroxylation is 2. The van der Waals surface area contributed by atoms with Gasteiger partial charge < -0.3 is 20.9 Å². The Labute approximate surface area is 174 Å². The van der Waals surface area contributed by atoms with Gasteiger partial charge in [0.2, 0.25) is 0 Å². The number of rotatable bonds is 5. The second kappa shape index (κ2) is 8.14. The Morgan fingerprint density at radius 2 is 1.93 bits per heavy atom. The van der Waals surface area contributed by atoms with Crippen LogP contribution in [0.15, 0.2) is 30.5 Å². The van der Waals surface area contributed by atoms with Gasteiger partial charge in [-0.05, 0) is 57.7 Å². The zero-order valence-electron chi connectivity index (χ0n) is 17.1. The number of carboxylic acids is 1. The molecule has 0 radical (unpaired) electrons. The van der Waals surface area contributed by atoms with Gasteiger partial charge in [-0.15, -0.1) is 0 Å². The number of hydrogen-bond donors (Lipinski definition) is 3. The average molecular weight is 407 g/mol. The van der Waals surface area contributed by atoms with Gasteiger partial charge in [0.1, 0.15) is 23.0 Å². The van der Waals surface area contributed by atoms with E-state index in [-0.39, 0.29) is 17.4 Å². The van der Waals surface area contributed by atoms with E-state index in [9.17, 15) is 9.90 Å². The molecule has 0 bridgehead atoms. The van der Waals surface area contributed by atoms with Crippen LogP contribution in [0.5, 0.6) is 5.75 Å². The van der Waals surface area contributed by atoms with Crippen molar-refractivity contribution < 1.29 is 14.6 Å². The van der Waals surface area contributed by atoms with Crippen LogP contribution in [0.3, 0.4) is 0 Å². The number of nitrogens with two attached hydrogens (primary N) is 1. The summed E-state index contributed by atoms with van der Waals surface area (Å²) in [4.78, 5) is 24.6. The molecular formula is C22H25N5O3. The zero-order valence-corrected chi connectivity index (χ0v) is 17.1. The van der Waals surface area contributed by atoms with Crippen LogP contribution in [-0.2, 0) is 0 Å². The predicted octanol–water partition coefficient (Wildman–Crippen LogP) is 3.72. The molecule has 0 aliphatic heterocycles. The minimum absolute atomic E-state index is 0.0339. The molecule has 0 unspecified atom stereocenters. The number of carbonyl (C=O) groups is 1. The highest BCUT2D eigenvalue weighted by molar-refractivity contribution is 6.06. The van der Waals surface area contributed by atoms with Crippen LogP contribution >= 0.6 is 0 Å². The van der Waals surface area contributed by atoms with Crippen LogP contribution in [0, 0.1) is 13.8 Å². The standard InChI is InChI=1S/C22H25N5O3/c1-12-19(22(28)29)21(23)20-16(25-12)4-3-5-17(20)30-15-8-6-14(7-9-15)27-18-10-11-24-13(2)26-18/h3-5,10-11,14-15H,6-9H2,1-2H3,(H2,23,25)(H,28,29)(H,24,26,27). The molecule has 0 spiro atoms. The van der Waals surface area contributed by atoms with E-state index in [0.717, 1.165) is 37.3 Å². The van der Waals surface area contributed by atoms with E-state index < -0.39 is 5.97 Å². The Kier molecular flexibility index (Phi) is 5.39. The second-order valence-corrected chi connectivity index (χ2v) is 7.67. The molecule has 1 saturated carbocycles. The summed E-state index contributed by atoms with van der Waals surface area (Å²) in [6.07, 6.45) is 5.45. The highest BCUT2D eigenvalue weighted by atomic mass is 16.5. The molecule has 1 fully saturated rings. The minimum Gasteiger partial charge on any atom is -0.490 e. The fraction of sp³-hybridized carbons (Fsp3) is 0.364. The number of anilines is 2. The molecule has 1 aliphatic carbocycles. The summed E-state index contributed by atoms with van der Waals surface area (Å²) in [6, 6.07) is 7.72. The highest BCUT2D eigenvalue weighted by Gasteiger charge is 2.25. The molecule has 3 aromatic rings. The summed E-state index contributed by atoms with van der Waals surface area (Å²) < 4.78 is 6.28. The third-order valence-electron chi connectivity index (χ3n) is 5.50. The largest absolute Gasteiger partial charge is 0.490 e. The Morgan fingerprint density at radius 3 is 2.63 bits per heavy atom. The highest BCUT2D eigenvalue weighted by Crippen LogP contribution is 2.35. The van der Waals surface area contributed by atoms with Gasteiger partial charge in [-0.3, -0.25) is 4.98 Å². The molecule has 0 atom stereocenters. The van der Waals surface area contributed by atoms with Crippen molar-refractivity contribution in [2.24, 2.45) is 0 Å². The van der Waals surface area contributed by atoms with Gasteiger partial charge in [0.25, 0.3) is 0 Å². The summed E-state index contributed by atoms with van der Waals surface area (Å²) in [5.74, 6) is 1.09. The quantitative estimate of drug-likeness (QED) is 0.585. The lowest BCUT2D eigenvalue weighted by Gasteiger charge is -2.30. The fourth-order valence-corrected chi connectivity index (χ4v) is 4.06. The van der Waals surface area contributed by atoms with E-state index in [0.29, 0.717) is 28.4 Å². The van der Waals surface area contributed by atoms with Crippen molar-refractivity contribution in [1.82, 2.24) is 15.0 Å². The van der Waals surface area contributed by atoms with Crippen molar-refractivity contribution in [2.45, 2.75) is 51.7 Å². The number of carboxylic acid groups (broad SMARTS) is 1. The van der Waals surface area contributed by atoms with Gasteiger partial charge in [-0.25, -0.2) is 14.8 Å². The van der Waals surface area contributed by atoms with E-state index >= 15 is 0 Å². The normalized spacial score (nSPS) is 18.9. The molecule has 1 aliphatic rings. The zero-order chi connectivity index (χ0) is 21.3. The minimum atomic E-state index is -1.08. The van der Waals surface area contributed by atoms with E-state index in [1.807, 2.05) is 31.2 Å². The lowest BCUT2D eigenvalue weighted by molar-refractivity contribution is 0.0697. The SMILES string of the molecule is Cc1nccc(NC2CCC(Oc3cccc4nc(C)c(C(=O)O)c(N)c34)CC2)n1. The molecule has 0 amide bonds. The maximum Gasteiger partial charge on any atom is 0.339 e. The van der Waals surface area contributed by atoms with Gasteiger partial charge in [-0.1, -0.05) is 6.07 Å². The number of nitrogen functional groups attached to an aromatic ring is 1. The van der Waals surface area contributed by atoms with Gasteiger partial charge in [0.15, 0.2) is 0 Å². The first-order valence-electron chi connectivity index (χ1n) is 10.1. The number of fused-ring (bicyclic) bond motifs is 1. The Balaban J connectivity index is 1.49. The van der Waals surface area contributed by atoms with Gasteiger partial charge in [-0.2, -0.15) is 0 Å². The first kappa shape index (κ1) is 19.9. The van der Waals surface area contributed by atoms with Crippen LogP contribution in [0.1, 0.15) is 47.6 Å². The molecule has 156 valence electrons. The number of hydrogen-bond acceptors (Lipinski definition) is 7. The van der Waals surface area contributed by atoms with Crippen molar-refractivity contribution in [3.8, 4) is 5.75 Å². The molecule has 2 heterocycles. The van der Waals surface area contributed by atoms with E-state index in [2.05, 4.69) is 20.3 Å². The van der Waals surface area contributed by atoms with E-state index in [4.69, 9.17) is 10.5 Å². The Morgan fingerprint density at radius 1 is 1.17 bits per heavy atom. The first-order valence-corrected chi connectivity index (χ1v) is 10.1. The fourth-order valence-electron chi connectivity index (χ4n) is 4.06. The van der Waals surface area contributed by atoms with Crippen LogP contribution in [0.25, 0.3) is 10.9 Å². The molecule has 0 saturated heterocycles. The van der Waals surface area contributed by atoms with Crippen molar-refractivity contribution in [3.05, 3.63) is 47.5 Å². The van der Waals surface area contributed by atoms with Crippen LogP contribution in [-0.4, -0.2) is 38.2 Å². The summed E-state index contributed by atoms with van der Waals surface area (Å²) in [5.41, 5.74) is 7.50. The van der Waals surface area contributed by atoms with Gasteiger partial charge in [0.05, 0.1) is 28.4 Å². The van der Waals surface area contributed by atoms with Gasteiger partial charge in [0, 0.05) is 12.2 Å². The Bertz CT molecular complexity index is 1090. The topological polar surface area (TPSA) is 123 Å². The van der Waals surface area contributed by atoms with E-state index in [1.54, 1.807) is 13.1 Å². The van der Waals surface area contributed by atoms with Crippen molar-refractivity contribution in [3.63, 3.8) is 0 Å². The van der Waals surface area contributed by atoms with Crippen molar-refractivity contribution in [1.29, 1.82) is 0 Å². The number of pyridine rings is 1. The molecule has 2 aromatic heterocycles. The maximum absolute atomic E-state index is 11.6. The second-order valence-electron chi connectivity index (χ2n) is 7.67. The number of aromatic carboxylic acids is 1. The number of aromatic nitrogens is 3. The predicted molar refractivity (Wildman–Crippen MR) is 115 cm³/mol. The molecule has 4 rings (SSSR count). The molecule has 1 aromatic carbocycles. The molecular weight excluding hydrogens is 382 g/mol. The summed E-state index contributed by atoms with van der Waals surface area (Å²) in [6.45, 7) is 3.53. The summed E-state index contributed by atoms with van der Waals surface area (Å²) >= 11 is 0. The number of benzene rings is 1. The smallest absolute Gasteiger partial charge is 0.339 e. The first-order chi connectivity index (χ1) is 14.4. The lowest BCUT2D eigenvalue weighted by Crippen LogP contribution is -2.31. The molecule has 30 heavy (non-hydrogen) atoms. The molecule has 4 N–H and O–H groups in total. The average Bonchev–Trinajstić information content (AvgIpc) is 2.69. The van der Waals surface area contributed by atoms with Crippen LogP contribution in [0.2, 0.25) is 0 Å². The third kappa shape index (κ3) is 3.98. The van der Waals surface area contributed by atoms with Crippen molar-refractivity contribution >= 4 is 28.4 Å². The molecule has 8 heteroatoms. The van der Waals surface area contributed by atoms with Crippen molar-refractivity contribution in [2.75, 3.05) is 11.1 Å². The maximum atomic E-state index is 11.6. The molecule has 8 nitrogen and oxygen atoms in total. The number of nitrogens with zero attached hydrogens (tertiary/aromatic N) is 3. The summed E-state index contributed by atoms with van der Waals surface area (Å²) in [5, 5.41) is 13.5. The number of ether oxygens (including phenoxy) is 1. The lowest BCUT2D eigenvalue weighted by atomic mass is 9.93.